The van der Waals surface area contributed by atoms with Gasteiger partial charge in [0.15, 0.2) is 5.72 Å². The molecule has 0 spiro atoms. The van der Waals surface area contributed by atoms with Gasteiger partial charge in [-0.05, 0) is 30.3 Å². The van der Waals surface area contributed by atoms with Gasteiger partial charge < -0.3 is 9.84 Å². The topological polar surface area (TPSA) is 93.4 Å². The summed E-state index contributed by atoms with van der Waals surface area (Å²) in [5.41, 5.74) is -1.38. The number of aromatic nitrogens is 4. The number of carbonyl (C=O) groups is 1. The zero-order valence-electron chi connectivity index (χ0n) is 15.3. The molecule has 1 saturated heterocycles. The van der Waals surface area contributed by atoms with Crippen molar-refractivity contribution < 1.29 is 27.8 Å². The molecular weight excluding hydrogens is 403 g/mol. The number of hydrogen-bond acceptors (Lipinski definition) is 6. The molecule has 0 amide bonds. The van der Waals surface area contributed by atoms with Gasteiger partial charge in [-0.25, -0.2) is 14.5 Å². The smallest absolute Gasteiger partial charge is 0.416 e. The van der Waals surface area contributed by atoms with Crippen LogP contribution in [0.25, 0.3) is 5.69 Å². The molecule has 8 nitrogen and oxygen atoms in total. The van der Waals surface area contributed by atoms with Crippen LogP contribution in [0.15, 0.2) is 42.6 Å². The van der Waals surface area contributed by atoms with Crippen molar-refractivity contribution in [1.82, 2.24) is 24.6 Å². The first kappa shape index (κ1) is 18.7. The first-order chi connectivity index (χ1) is 14.3. The second kappa shape index (κ2) is 6.34. The van der Waals surface area contributed by atoms with E-state index in [0.717, 1.165) is 12.1 Å². The number of ether oxygens (including phenoxy) is 1. The summed E-state index contributed by atoms with van der Waals surface area (Å²) in [6.07, 6.45) is -3.03. The van der Waals surface area contributed by atoms with E-state index < -0.39 is 29.3 Å². The third kappa shape index (κ3) is 2.62. The highest BCUT2D eigenvalue weighted by Crippen LogP contribution is 2.46. The van der Waals surface area contributed by atoms with Gasteiger partial charge in [0.25, 0.3) is 5.82 Å². The van der Waals surface area contributed by atoms with Crippen LogP contribution in [-0.4, -0.2) is 48.9 Å². The highest BCUT2D eigenvalue weighted by Gasteiger charge is 2.51. The van der Waals surface area contributed by atoms with Crippen LogP contribution in [0.2, 0.25) is 0 Å². The summed E-state index contributed by atoms with van der Waals surface area (Å²) in [6, 6.07) is 8.33. The number of rotatable bonds is 2. The third-order valence-corrected chi connectivity index (χ3v) is 5.24. The van der Waals surface area contributed by atoms with Gasteiger partial charge in [-0.2, -0.15) is 13.2 Å². The lowest BCUT2D eigenvalue weighted by molar-refractivity contribution is -0.138. The van der Waals surface area contributed by atoms with E-state index >= 15 is 0 Å². The molecular formula is C19H14F3N5O3. The summed E-state index contributed by atoms with van der Waals surface area (Å²) < 4.78 is 48.0. The van der Waals surface area contributed by atoms with Crippen LogP contribution >= 0.6 is 0 Å². The molecule has 2 aromatic heterocycles. The average Bonchev–Trinajstić information content (AvgIpc) is 3.31. The number of pyridine rings is 1. The van der Waals surface area contributed by atoms with E-state index in [1.165, 1.54) is 10.7 Å². The Balaban J connectivity index is 1.84. The summed E-state index contributed by atoms with van der Waals surface area (Å²) >= 11 is 0. The Morgan fingerprint density at radius 3 is 2.77 bits per heavy atom. The molecule has 1 N–H and O–H groups in total. The van der Waals surface area contributed by atoms with Crippen molar-refractivity contribution in [1.29, 1.82) is 0 Å². The summed E-state index contributed by atoms with van der Waals surface area (Å²) in [6.45, 7) is 0.764. The quantitative estimate of drug-likeness (QED) is 0.685. The lowest BCUT2D eigenvalue weighted by atomic mass is 9.93. The Hall–Kier alpha value is -3.31. The van der Waals surface area contributed by atoms with Crippen LogP contribution < -0.4 is 0 Å². The van der Waals surface area contributed by atoms with E-state index in [9.17, 15) is 23.1 Å². The Labute approximate surface area is 167 Å². The van der Waals surface area contributed by atoms with Gasteiger partial charge in [0.05, 0.1) is 30.1 Å². The monoisotopic (exact) mass is 417 g/mol. The first-order valence-corrected chi connectivity index (χ1v) is 9.02. The van der Waals surface area contributed by atoms with E-state index in [0.29, 0.717) is 12.2 Å². The van der Waals surface area contributed by atoms with Gasteiger partial charge in [0.1, 0.15) is 5.82 Å². The maximum atomic E-state index is 13.6. The van der Waals surface area contributed by atoms with Crippen LogP contribution in [0.4, 0.5) is 13.2 Å². The number of aromatic carboxylic acids is 1. The molecule has 30 heavy (non-hydrogen) atoms. The number of hydrogen-bond donors (Lipinski definition) is 1. The Kier molecular flexibility index (Phi) is 3.95. The van der Waals surface area contributed by atoms with E-state index in [1.807, 2.05) is 0 Å². The predicted molar refractivity (Wildman–Crippen MR) is 94.7 cm³/mol. The standard InChI is InChI=1S/C19H14F3N5O3/c20-19(21,22)11-4-5-13-12(9-11)18(14-3-1-2-6-23-14)26(7-8-30-18)10-15-24-16(17(28)29)25-27(13)15/h1-6,9H,7-8,10H2,(H,28,29). The molecule has 2 aliphatic heterocycles. The molecule has 1 aromatic carbocycles. The number of halogens is 3. The van der Waals surface area contributed by atoms with Crippen LogP contribution in [0.1, 0.15) is 33.3 Å². The molecule has 0 radical (unpaired) electrons. The second-order valence-corrected chi connectivity index (χ2v) is 6.93. The number of alkyl halides is 3. The van der Waals surface area contributed by atoms with Gasteiger partial charge in [-0.1, -0.05) is 6.07 Å². The fourth-order valence-corrected chi connectivity index (χ4v) is 4.00. The van der Waals surface area contributed by atoms with Crippen LogP contribution in [0, 0.1) is 0 Å². The molecule has 5 rings (SSSR count). The molecule has 154 valence electrons. The van der Waals surface area contributed by atoms with Crippen molar-refractivity contribution in [2.75, 3.05) is 13.2 Å². The summed E-state index contributed by atoms with van der Waals surface area (Å²) in [4.78, 5) is 21.6. The number of carboxylic acids is 1. The molecule has 4 heterocycles. The van der Waals surface area contributed by atoms with Crippen LogP contribution in [-0.2, 0) is 23.2 Å². The normalized spacial score (nSPS) is 20.9. The number of carboxylic acid groups (broad SMARTS) is 1. The van der Waals surface area contributed by atoms with E-state index in [-0.39, 0.29) is 30.2 Å². The number of benzene rings is 1. The SMILES string of the molecule is O=C(O)c1nc2n(n1)-c1ccc(C(F)(F)F)cc1C1(c3ccccn3)OCCN1C2. The Bertz CT molecular complexity index is 1150. The number of nitrogens with zero attached hydrogens (tertiary/aromatic N) is 5. The van der Waals surface area contributed by atoms with Gasteiger partial charge in [0, 0.05) is 18.3 Å². The molecule has 2 aliphatic rings. The summed E-state index contributed by atoms with van der Waals surface area (Å²) in [7, 11) is 0. The highest BCUT2D eigenvalue weighted by molar-refractivity contribution is 5.83. The van der Waals surface area contributed by atoms with Gasteiger partial charge in [-0.3, -0.25) is 9.88 Å². The summed E-state index contributed by atoms with van der Waals surface area (Å²) in [5.74, 6) is -1.46. The molecule has 0 bridgehead atoms. The Morgan fingerprint density at radius 2 is 2.07 bits per heavy atom. The molecule has 1 fully saturated rings. The van der Waals surface area contributed by atoms with Gasteiger partial charge >= 0.3 is 12.1 Å². The minimum Gasteiger partial charge on any atom is -0.475 e. The maximum absolute atomic E-state index is 13.6. The zero-order chi connectivity index (χ0) is 21.1. The minimum absolute atomic E-state index is 0.118. The predicted octanol–water partition coefficient (Wildman–Crippen LogP) is 2.43. The average molecular weight is 417 g/mol. The molecule has 3 aromatic rings. The van der Waals surface area contributed by atoms with Crippen molar-refractivity contribution in [3.8, 4) is 5.69 Å². The molecule has 0 saturated carbocycles. The highest BCUT2D eigenvalue weighted by atomic mass is 19.4. The molecule has 0 aliphatic carbocycles. The largest absolute Gasteiger partial charge is 0.475 e. The lowest BCUT2D eigenvalue weighted by Gasteiger charge is -2.36. The lowest BCUT2D eigenvalue weighted by Crippen LogP contribution is -2.43. The van der Waals surface area contributed by atoms with E-state index in [1.54, 1.807) is 29.3 Å². The van der Waals surface area contributed by atoms with Crippen LogP contribution in [0.3, 0.4) is 0 Å². The Morgan fingerprint density at radius 1 is 1.23 bits per heavy atom. The van der Waals surface area contributed by atoms with Crippen molar-refractivity contribution in [3.05, 3.63) is 71.1 Å². The first-order valence-electron chi connectivity index (χ1n) is 9.02. The summed E-state index contributed by atoms with van der Waals surface area (Å²) in [5, 5.41) is 13.3. The zero-order valence-corrected chi connectivity index (χ0v) is 15.3. The van der Waals surface area contributed by atoms with Crippen molar-refractivity contribution >= 4 is 5.97 Å². The molecule has 1 atom stereocenters. The second-order valence-electron chi connectivity index (χ2n) is 6.93. The fourth-order valence-electron chi connectivity index (χ4n) is 4.00. The van der Waals surface area contributed by atoms with E-state index in [4.69, 9.17) is 4.74 Å². The van der Waals surface area contributed by atoms with Gasteiger partial charge in [-0.15, -0.1) is 5.10 Å². The fraction of sp³-hybridized carbons (Fsp3) is 0.263. The van der Waals surface area contributed by atoms with Crippen molar-refractivity contribution in [3.63, 3.8) is 0 Å². The van der Waals surface area contributed by atoms with Crippen molar-refractivity contribution in [2.24, 2.45) is 0 Å². The maximum Gasteiger partial charge on any atom is 0.416 e. The minimum atomic E-state index is -4.58. The molecule has 1 unspecified atom stereocenters. The third-order valence-electron chi connectivity index (χ3n) is 5.24. The van der Waals surface area contributed by atoms with E-state index in [2.05, 4.69) is 15.1 Å². The van der Waals surface area contributed by atoms with Crippen molar-refractivity contribution in [2.45, 2.75) is 18.4 Å². The number of fused-ring (bicyclic) bond motifs is 5. The van der Waals surface area contributed by atoms with Crippen LogP contribution in [0.5, 0.6) is 0 Å². The molecule has 11 heteroatoms. The van der Waals surface area contributed by atoms with Gasteiger partial charge in [0.2, 0.25) is 0 Å².